The van der Waals surface area contributed by atoms with Gasteiger partial charge in [0.25, 0.3) is 8.53 Å². The van der Waals surface area contributed by atoms with E-state index in [1.54, 1.807) is 26.6 Å². The predicted octanol–water partition coefficient (Wildman–Crippen LogP) is 10.4. The molecule has 2 aromatic heterocycles. The van der Waals surface area contributed by atoms with Crippen molar-refractivity contribution in [1.82, 2.24) is 29.1 Å². The molecule has 0 aliphatic carbocycles. The average molecular weight is 984 g/mol. The number of hydrogen-bond donors (Lipinski definition) is 0. The second-order valence-electron chi connectivity index (χ2n) is 17.9. The van der Waals surface area contributed by atoms with E-state index in [0.717, 1.165) is 33.0 Å². The number of aromatic nitrogens is 4. The van der Waals surface area contributed by atoms with E-state index in [-0.39, 0.29) is 31.7 Å². The lowest BCUT2D eigenvalue weighted by atomic mass is 9.80. The van der Waals surface area contributed by atoms with Crippen LogP contribution in [0.4, 0.5) is 5.82 Å². The van der Waals surface area contributed by atoms with Gasteiger partial charge in [-0.1, -0.05) is 72.7 Å². The molecule has 4 atom stereocenters. The first-order chi connectivity index (χ1) is 35.0. The summed E-state index contributed by atoms with van der Waals surface area (Å²) in [5.41, 5.74) is 3.70. The Kier molecular flexibility index (Phi) is 16.6. The number of benzene rings is 5. The Hall–Kier alpha value is -7.25. The molecule has 0 N–H and O–H groups in total. The second kappa shape index (κ2) is 23.3. The van der Waals surface area contributed by atoms with Gasteiger partial charge in [0.15, 0.2) is 22.8 Å². The van der Waals surface area contributed by atoms with E-state index in [1.807, 2.05) is 121 Å². The predicted molar refractivity (Wildman–Crippen MR) is 279 cm³/mol. The molecule has 7 aromatic rings. The Bertz CT molecular complexity index is 3080. The molecule has 0 saturated carbocycles. The molecule has 16 heteroatoms. The minimum Gasteiger partial charge on any atom is -0.497 e. The van der Waals surface area contributed by atoms with Crippen molar-refractivity contribution in [3.05, 3.63) is 155 Å². The van der Waals surface area contributed by atoms with E-state index >= 15 is 0 Å². The van der Waals surface area contributed by atoms with Crippen molar-refractivity contribution in [3.63, 3.8) is 0 Å². The lowest BCUT2D eigenvalue weighted by molar-refractivity contribution is -0.0913. The molecule has 1 aliphatic rings. The van der Waals surface area contributed by atoms with Crippen molar-refractivity contribution in [1.29, 1.82) is 10.5 Å². The normalized spacial score (nSPS) is 16.3. The van der Waals surface area contributed by atoms with Crippen LogP contribution >= 0.6 is 8.53 Å². The van der Waals surface area contributed by atoms with Gasteiger partial charge in [0, 0.05) is 38.2 Å². The van der Waals surface area contributed by atoms with Gasteiger partial charge in [-0.15, -0.1) is 0 Å². The molecule has 1 fully saturated rings. The van der Waals surface area contributed by atoms with Crippen LogP contribution in [0, 0.1) is 34.5 Å². The van der Waals surface area contributed by atoms with Crippen LogP contribution in [0.1, 0.15) is 80.4 Å². The van der Waals surface area contributed by atoms with Crippen molar-refractivity contribution in [3.8, 4) is 35.5 Å². The number of ether oxygens (including phenoxy) is 4. The van der Waals surface area contributed by atoms with Crippen molar-refractivity contribution in [2.45, 2.75) is 76.7 Å². The highest BCUT2D eigenvalue weighted by Crippen LogP contribution is 2.51. The first-order valence-electron chi connectivity index (χ1n) is 23.7. The highest BCUT2D eigenvalue weighted by molar-refractivity contribution is 7.44. The summed E-state index contributed by atoms with van der Waals surface area (Å²) < 4.78 is 43.8. The fourth-order valence-corrected chi connectivity index (χ4v) is 10.6. The molecule has 1 aliphatic heterocycles. The monoisotopic (exact) mass is 983 g/mol. The molecular formula is C56H58N9O6P. The molecule has 1 unspecified atom stereocenters. The van der Waals surface area contributed by atoms with E-state index in [0.29, 0.717) is 46.3 Å². The lowest BCUT2D eigenvalue weighted by Gasteiger charge is -2.39. The summed E-state index contributed by atoms with van der Waals surface area (Å²) >= 11 is 0. The van der Waals surface area contributed by atoms with Gasteiger partial charge in [0.05, 0.1) is 64.0 Å². The number of imidazole rings is 1. The number of aliphatic imine (C=N–C) groups is 1. The summed E-state index contributed by atoms with van der Waals surface area (Å²) in [4.78, 5) is 20.9. The molecule has 0 radical (unpaired) electrons. The van der Waals surface area contributed by atoms with Crippen LogP contribution in [0.15, 0.2) is 127 Å². The van der Waals surface area contributed by atoms with Gasteiger partial charge in [0.1, 0.15) is 35.8 Å². The van der Waals surface area contributed by atoms with Crippen LogP contribution in [-0.4, -0.2) is 101 Å². The molecule has 72 heavy (non-hydrogen) atoms. The Morgan fingerprint density at radius 2 is 1.44 bits per heavy atom. The Morgan fingerprint density at radius 3 is 2.04 bits per heavy atom. The van der Waals surface area contributed by atoms with Gasteiger partial charge >= 0.3 is 0 Å². The molecule has 368 valence electrons. The topological polar surface area (TPSA) is 165 Å². The summed E-state index contributed by atoms with van der Waals surface area (Å²) in [6.07, 6.45) is 1.60. The first-order valence-corrected chi connectivity index (χ1v) is 24.9. The van der Waals surface area contributed by atoms with Crippen LogP contribution in [0.2, 0.25) is 0 Å². The Morgan fingerprint density at radius 1 is 0.819 bits per heavy atom. The summed E-state index contributed by atoms with van der Waals surface area (Å²) in [5.74, 6) is 8.85. The third-order valence-electron chi connectivity index (χ3n) is 12.2. The number of nitrogens with zero attached hydrogens (tertiary/aromatic N) is 9. The fraction of sp³-hybridized carbons (Fsp3) is 0.321. The maximum Gasteiger partial charge on any atom is 0.259 e. The van der Waals surface area contributed by atoms with Crippen LogP contribution in [0.25, 0.3) is 21.9 Å². The van der Waals surface area contributed by atoms with Gasteiger partial charge in [0.2, 0.25) is 0 Å². The zero-order chi connectivity index (χ0) is 50.8. The number of fused-ring (bicyclic) bond motifs is 2. The summed E-state index contributed by atoms with van der Waals surface area (Å²) in [6, 6.07) is 41.9. The highest BCUT2D eigenvalue weighted by Gasteiger charge is 2.46. The molecule has 0 bridgehead atoms. The van der Waals surface area contributed by atoms with E-state index in [9.17, 15) is 10.5 Å². The van der Waals surface area contributed by atoms with Crippen LogP contribution in [0.3, 0.4) is 0 Å². The summed E-state index contributed by atoms with van der Waals surface area (Å²) in [7, 11) is 5.33. The Labute approximate surface area is 422 Å². The van der Waals surface area contributed by atoms with Gasteiger partial charge in [-0.25, -0.2) is 24.6 Å². The lowest BCUT2D eigenvalue weighted by Crippen LogP contribution is -2.39. The molecule has 15 nitrogen and oxygen atoms in total. The van der Waals surface area contributed by atoms with Crippen molar-refractivity contribution in [2.75, 3.05) is 41.5 Å². The minimum absolute atomic E-state index is 0.0442. The number of nitriles is 2. The second-order valence-corrected chi connectivity index (χ2v) is 19.3. The van der Waals surface area contributed by atoms with Crippen LogP contribution in [0.5, 0.6) is 11.5 Å². The summed E-state index contributed by atoms with van der Waals surface area (Å²) in [6.45, 7) is 8.67. The molecule has 5 aromatic carbocycles. The van der Waals surface area contributed by atoms with E-state index in [2.05, 4.69) is 78.5 Å². The third-order valence-corrected chi connectivity index (χ3v) is 14.3. The third kappa shape index (κ3) is 11.3. The molecule has 1 saturated heterocycles. The SMILES string of the molecule is COc1ccc(C(OC[C@H]2O[C@@H](n3c(C#Cc4ccc5cc(C#N)ccc5c4)nc4c(/N=C/N(C)C)ncnc43)C[C@@H]2OP(OCCC#N)N(C(C)C)C(C)C)(c2ccccc2)c2ccc(OC)cc2)cc1. The largest absolute Gasteiger partial charge is 0.497 e. The van der Waals surface area contributed by atoms with Crippen LogP contribution < -0.4 is 9.47 Å². The number of hydrogen-bond acceptors (Lipinski definition) is 13. The van der Waals surface area contributed by atoms with Gasteiger partial charge < -0.3 is 32.9 Å². The minimum atomic E-state index is -1.73. The molecular weight excluding hydrogens is 926 g/mol. The maximum atomic E-state index is 9.59. The molecule has 0 amide bonds. The average Bonchev–Trinajstić information content (AvgIpc) is 3.98. The quantitative estimate of drug-likeness (QED) is 0.0188. The summed E-state index contributed by atoms with van der Waals surface area (Å²) in [5, 5.41) is 21.0. The first kappa shape index (κ1) is 51.1. The van der Waals surface area contributed by atoms with E-state index in [1.165, 1.54) is 6.33 Å². The Balaban J connectivity index is 1.27. The van der Waals surface area contributed by atoms with Crippen molar-refractivity contribution < 1.29 is 28.0 Å². The van der Waals surface area contributed by atoms with E-state index < -0.39 is 32.6 Å². The fourth-order valence-electron chi connectivity index (χ4n) is 8.85. The van der Waals surface area contributed by atoms with Gasteiger partial charge in [-0.05, 0) is 110 Å². The molecule has 3 heterocycles. The smallest absolute Gasteiger partial charge is 0.259 e. The van der Waals surface area contributed by atoms with Crippen molar-refractivity contribution in [2.24, 2.45) is 4.99 Å². The zero-order valence-electron chi connectivity index (χ0n) is 41.8. The van der Waals surface area contributed by atoms with Crippen LogP contribution in [-0.2, 0) is 24.1 Å². The number of rotatable bonds is 19. The number of methoxy groups -OCH3 is 2. The maximum absolute atomic E-state index is 9.59. The van der Waals surface area contributed by atoms with Gasteiger partial charge in [-0.3, -0.25) is 4.57 Å². The van der Waals surface area contributed by atoms with Gasteiger partial charge in [-0.2, -0.15) is 10.5 Å². The molecule has 0 spiro atoms. The van der Waals surface area contributed by atoms with Crippen molar-refractivity contribution >= 4 is 42.6 Å². The highest BCUT2D eigenvalue weighted by atomic mass is 31.2. The van der Waals surface area contributed by atoms with E-state index in [4.69, 9.17) is 38.0 Å². The zero-order valence-corrected chi connectivity index (χ0v) is 42.7. The molecule has 8 rings (SSSR count). The standard InChI is InChI=1S/C56H58N9O6P/c1-38(2)65(39(3)4)72(69-30-12-29-57)71-49-33-52(70-50(49)35-68-56(44-13-10-9-11-14-44,45-20-24-47(66-7)25-21-45)46-22-26-48(67-8)27-23-46)64-51(62-53-54(61-37-63(5)6)59-36-60-55(53)64)28-17-40-15-18-43-32-41(34-58)16-19-42(43)31-40/h9-11,13-16,18-27,31-32,36-39,49-50,52H,12,30,33,35H2,1-8H3/b61-37+/t49-,50+,52+,72?/m0/s1.